The lowest BCUT2D eigenvalue weighted by atomic mass is 10.1. The van der Waals surface area contributed by atoms with E-state index in [1.54, 1.807) is 19.2 Å². The first-order valence-corrected chi connectivity index (χ1v) is 14.0. The lowest BCUT2D eigenvalue weighted by molar-refractivity contribution is 0.0254. The summed E-state index contributed by atoms with van der Waals surface area (Å²) >= 11 is 0. The second-order valence-electron chi connectivity index (χ2n) is 9.26. The molecule has 0 aliphatic carbocycles. The summed E-state index contributed by atoms with van der Waals surface area (Å²) in [5, 5.41) is 4.20. The fourth-order valence-electron chi connectivity index (χ4n) is 4.60. The van der Waals surface area contributed by atoms with Crippen molar-refractivity contribution >= 4 is 33.0 Å². The van der Waals surface area contributed by atoms with Crippen LogP contribution in [0.15, 0.2) is 48.8 Å². The fraction of sp³-hybridized carbons (Fsp3) is 0.385. The van der Waals surface area contributed by atoms with E-state index in [2.05, 4.69) is 9.82 Å². The number of carbonyl (C=O) groups excluding carboxylic acids is 1. The van der Waals surface area contributed by atoms with Crippen LogP contribution in [0.5, 0.6) is 5.75 Å². The maximum atomic E-state index is 14.6. The molecule has 1 N–H and O–H groups in total. The predicted octanol–water partition coefficient (Wildman–Crippen LogP) is 3.21. The number of amides is 1. The molecule has 1 saturated heterocycles. The molecule has 5 rings (SSSR count). The van der Waals surface area contributed by atoms with Gasteiger partial charge in [-0.05, 0) is 30.7 Å². The molecule has 0 unspecified atom stereocenters. The SMILES string of the molecule is CCN(C)S(=O)(=O)NC(=O)c1cnn2ccc(N3CCC=C3c3cc(F)cc(OC4CCOCC4)c3)cc12. The van der Waals surface area contributed by atoms with Gasteiger partial charge in [-0.1, -0.05) is 13.0 Å². The highest BCUT2D eigenvalue weighted by atomic mass is 32.2. The third-order valence-corrected chi connectivity index (χ3v) is 8.28. The molecule has 1 amide bonds. The van der Waals surface area contributed by atoms with Gasteiger partial charge in [-0.15, -0.1) is 0 Å². The van der Waals surface area contributed by atoms with Crippen LogP contribution in [0.3, 0.4) is 0 Å². The summed E-state index contributed by atoms with van der Waals surface area (Å²) in [4.78, 5) is 14.9. The summed E-state index contributed by atoms with van der Waals surface area (Å²) in [6, 6.07) is 8.34. The molecule has 0 spiro atoms. The number of hydrogen-bond acceptors (Lipinski definition) is 7. The van der Waals surface area contributed by atoms with Gasteiger partial charge in [0.25, 0.3) is 5.91 Å². The third kappa shape index (κ3) is 5.38. The molecule has 0 bridgehead atoms. The molecule has 0 radical (unpaired) electrons. The van der Waals surface area contributed by atoms with Crippen LogP contribution in [0, 0.1) is 5.82 Å². The molecule has 2 aliphatic rings. The maximum absolute atomic E-state index is 14.6. The van der Waals surface area contributed by atoms with E-state index >= 15 is 0 Å². The van der Waals surface area contributed by atoms with Gasteiger partial charge < -0.3 is 14.4 Å². The molecule has 4 heterocycles. The topological polar surface area (TPSA) is 105 Å². The highest BCUT2D eigenvalue weighted by Crippen LogP contribution is 2.34. The maximum Gasteiger partial charge on any atom is 0.303 e. The zero-order valence-corrected chi connectivity index (χ0v) is 22.1. The Morgan fingerprint density at radius 1 is 1.26 bits per heavy atom. The quantitative estimate of drug-likeness (QED) is 0.465. The van der Waals surface area contributed by atoms with Gasteiger partial charge in [-0.2, -0.15) is 17.8 Å². The zero-order chi connectivity index (χ0) is 26.9. The van der Waals surface area contributed by atoms with E-state index in [-0.39, 0.29) is 24.0 Å². The second-order valence-corrected chi connectivity index (χ2v) is 11.0. The number of rotatable bonds is 8. The van der Waals surface area contributed by atoms with Crippen molar-refractivity contribution in [3.8, 4) is 5.75 Å². The van der Waals surface area contributed by atoms with Crippen LogP contribution in [-0.4, -0.2) is 67.7 Å². The average molecular weight is 544 g/mol. The Hall–Kier alpha value is -3.48. The molecule has 2 aliphatic heterocycles. The number of nitrogens with one attached hydrogen (secondary N) is 1. The normalized spacial score (nSPS) is 16.7. The van der Waals surface area contributed by atoms with Crippen molar-refractivity contribution in [1.82, 2.24) is 18.6 Å². The molecule has 38 heavy (non-hydrogen) atoms. The molecule has 0 saturated carbocycles. The number of halogens is 1. The average Bonchev–Trinajstić information content (AvgIpc) is 3.55. The van der Waals surface area contributed by atoms with Gasteiger partial charge in [0, 0.05) is 62.2 Å². The number of nitrogens with zero attached hydrogens (tertiary/aromatic N) is 4. The van der Waals surface area contributed by atoms with Crippen LogP contribution in [-0.2, 0) is 14.9 Å². The van der Waals surface area contributed by atoms with Gasteiger partial charge in [0.05, 0.1) is 30.5 Å². The van der Waals surface area contributed by atoms with Crippen molar-refractivity contribution in [3.05, 3.63) is 65.7 Å². The fourth-order valence-corrected chi connectivity index (χ4v) is 5.44. The minimum atomic E-state index is -3.97. The summed E-state index contributed by atoms with van der Waals surface area (Å²) in [5.74, 6) is -0.682. The van der Waals surface area contributed by atoms with Crippen molar-refractivity contribution in [2.75, 3.05) is 38.3 Å². The molecule has 10 nitrogen and oxygen atoms in total. The van der Waals surface area contributed by atoms with Gasteiger partial charge >= 0.3 is 10.2 Å². The highest BCUT2D eigenvalue weighted by Gasteiger charge is 2.25. The molecule has 12 heteroatoms. The molecular weight excluding hydrogens is 513 g/mol. The Morgan fingerprint density at radius 3 is 2.82 bits per heavy atom. The van der Waals surface area contributed by atoms with E-state index in [9.17, 15) is 17.6 Å². The lowest BCUT2D eigenvalue weighted by Gasteiger charge is -2.25. The third-order valence-electron chi connectivity index (χ3n) is 6.76. The van der Waals surface area contributed by atoms with Gasteiger partial charge in [-0.25, -0.2) is 13.6 Å². The summed E-state index contributed by atoms with van der Waals surface area (Å²) in [6.07, 6.45) is 7.34. The van der Waals surface area contributed by atoms with Crippen LogP contribution in [0.1, 0.15) is 42.1 Å². The molecule has 2 aromatic heterocycles. The standard InChI is InChI=1S/C26H30FN5O5S/c1-3-30(2)38(34,35)29-26(33)23-17-28-32-10-6-20(16-25(23)32)31-9-4-5-24(31)18-13-19(27)15-22(14-18)37-21-7-11-36-12-8-21/h5-6,10,13-17,21H,3-4,7-9,11-12H2,1-2H3,(H,29,33). The Bertz CT molecular complexity index is 1480. The molecule has 1 fully saturated rings. The lowest BCUT2D eigenvalue weighted by Crippen LogP contribution is -2.41. The first-order valence-electron chi connectivity index (χ1n) is 12.5. The Balaban J connectivity index is 1.42. The first-order chi connectivity index (χ1) is 18.2. The van der Waals surface area contributed by atoms with E-state index in [4.69, 9.17) is 9.47 Å². The van der Waals surface area contributed by atoms with Crippen LogP contribution < -0.4 is 14.4 Å². The van der Waals surface area contributed by atoms with Crippen LogP contribution in [0.2, 0.25) is 0 Å². The summed E-state index contributed by atoms with van der Waals surface area (Å²) in [7, 11) is -2.58. The number of anilines is 1. The van der Waals surface area contributed by atoms with Crippen LogP contribution in [0.25, 0.3) is 11.2 Å². The van der Waals surface area contributed by atoms with E-state index in [1.165, 1.54) is 29.9 Å². The largest absolute Gasteiger partial charge is 0.490 e. The first kappa shape index (κ1) is 26.1. The van der Waals surface area contributed by atoms with Gasteiger partial charge in [0.15, 0.2) is 0 Å². The van der Waals surface area contributed by atoms with Crippen molar-refractivity contribution in [2.24, 2.45) is 0 Å². The molecular formula is C26H30FN5O5S. The number of carbonyl (C=O) groups is 1. The van der Waals surface area contributed by atoms with E-state index in [0.717, 1.165) is 35.0 Å². The number of fused-ring (bicyclic) bond motifs is 1. The van der Waals surface area contributed by atoms with Crippen molar-refractivity contribution in [1.29, 1.82) is 0 Å². The minimum Gasteiger partial charge on any atom is -0.490 e. The van der Waals surface area contributed by atoms with Crippen LogP contribution in [0.4, 0.5) is 10.1 Å². The zero-order valence-electron chi connectivity index (χ0n) is 21.3. The highest BCUT2D eigenvalue weighted by molar-refractivity contribution is 7.87. The van der Waals surface area contributed by atoms with Crippen LogP contribution >= 0.6 is 0 Å². The number of pyridine rings is 1. The smallest absolute Gasteiger partial charge is 0.303 e. The van der Waals surface area contributed by atoms with Gasteiger partial charge in [0.2, 0.25) is 0 Å². The Kier molecular flexibility index (Phi) is 7.37. The number of hydrogen-bond donors (Lipinski definition) is 1. The Labute approximate surface area is 220 Å². The molecule has 1 aromatic carbocycles. The molecule has 3 aromatic rings. The van der Waals surface area contributed by atoms with Gasteiger partial charge in [0.1, 0.15) is 17.7 Å². The minimum absolute atomic E-state index is 0.0122. The van der Waals surface area contributed by atoms with Crippen molar-refractivity contribution < 1.29 is 27.1 Å². The number of benzene rings is 1. The van der Waals surface area contributed by atoms with Gasteiger partial charge in [-0.3, -0.25) is 4.79 Å². The second kappa shape index (κ2) is 10.7. The van der Waals surface area contributed by atoms with E-state index < -0.39 is 16.1 Å². The molecule has 0 atom stereocenters. The van der Waals surface area contributed by atoms with Crippen molar-refractivity contribution in [3.63, 3.8) is 0 Å². The van der Waals surface area contributed by atoms with Crippen molar-refractivity contribution in [2.45, 2.75) is 32.3 Å². The van der Waals surface area contributed by atoms with E-state index in [0.29, 0.717) is 36.6 Å². The Morgan fingerprint density at radius 2 is 2.05 bits per heavy atom. The monoisotopic (exact) mass is 543 g/mol. The summed E-state index contributed by atoms with van der Waals surface area (Å²) in [6.45, 7) is 3.80. The number of aromatic nitrogens is 2. The molecule has 202 valence electrons. The summed E-state index contributed by atoms with van der Waals surface area (Å²) in [5.41, 5.74) is 2.85. The number of ether oxygens (including phenoxy) is 2. The predicted molar refractivity (Wildman–Crippen MR) is 141 cm³/mol. The summed E-state index contributed by atoms with van der Waals surface area (Å²) < 4.78 is 55.4. The van der Waals surface area contributed by atoms with E-state index in [1.807, 2.05) is 23.1 Å².